The summed E-state index contributed by atoms with van der Waals surface area (Å²) in [5.41, 5.74) is 1.27. The van der Waals surface area contributed by atoms with Gasteiger partial charge in [-0.3, -0.25) is 9.78 Å². The van der Waals surface area contributed by atoms with Gasteiger partial charge in [0.25, 0.3) is 0 Å². The summed E-state index contributed by atoms with van der Waals surface area (Å²) in [7, 11) is 0. The molecule has 0 fully saturated rings. The molecule has 3 rings (SSSR count). The Hall–Kier alpha value is -2.75. The van der Waals surface area contributed by atoms with Gasteiger partial charge in [-0.2, -0.15) is 0 Å². The molecular formula is C18H14FNO2. The van der Waals surface area contributed by atoms with Gasteiger partial charge in [0.2, 0.25) is 0 Å². The number of aromatic nitrogens is 1. The zero-order valence-corrected chi connectivity index (χ0v) is 12.0. The number of carbonyl (C=O) groups excluding carboxylic acids is 1. The fourth-order valence-electron chi connectivity index (χ4n) is 2.22. The molecule has 1 heterocycles. The van der Waals surface area contributed by atoms with Crippen LogP contribution < -0.4 is 4.74 Å². The van der Waals surface area contributed by atoms with E-state index in [1.54, 1.807) is 18.5 Å². The van der Waals surface area contributed by atoms with Crippen molar-refractivity contribution in [3.63, 3.8) is 0 Å². The molecule has 0 radical (unpaired) electrons. The number of carbonyl (C=O) groups is 1. The van der Waals surface area contributed by atoms with Crippen LogP contribution in [0.25, 0.3) is 10.8 Å². The standard InChI is InChI=1S/C18H14FNO2/c1-12(21)14-4-5-18(17(19)9-14)22-11-13-2-3-16-10-20-7-6-15(16)8-13/h2-10H,11H2,1H3. The van der Waals surface area contributed by atoms with Crippen LogP contribution in [0.5, 0.6) is 5.75 Å². The van der Waals surface area contributed by atoms with E-state index in [1.807, 2.05) is 24.3 Å². The first-order chi connectivity index (χ1) is 10.6. The van der Waals surface area contributed by atoms with Gasteiger partial charge in [-0.05, 0) is 48.2 Å². The number of benzene rings is 2. The normalized spacial score (nSPS) is 10.6. The molecule has 0 bridgehead atoms. The van der Waals surface area contributed by atoms with Gasteiger partial charge in [0, 0.05) is 23.3 Å². The monoisotopic (exact) mass is 295 g/mol. The molecule has 3 nitrogen and oxygen atoms in total. The predicted octanol–water partition coefficient (Wildman–Crippen LogP) is 4.16. The van der Waals surface area contributed by atoms with Crippen molar-refractivity contribution in [2.24, 2.45) is 0 Å². The molecule has 0 saturated carbocycles. The molecule has 0 aliphatic rings. The number of ether oxygens (including phenoxy) is 1. The summed E-state index contributed by atoms with van der Waals surface area (Å²) in [4.78, 5) is 15.3. The Bertz CT molecular complexity index is 845. The number of nitrogens with zero attached hydrogens (tertiary/aromatic N) is 1. The van der Waals surface area contributed by atoms with E-state index in [0.717, 1.165) is 16.3 Å². The lowest BCUT2D eigenvalue weighted by Crippen LogP contribution is -1.99. The van der Waals surface area contributed by atoms with Crippen molar-refractivity contribution in [1.29, 1.82) is 0 Å². The summed E-state index contributed by atoms with van der Waals surface area (Å²) in [6.45, 7) is 1.66. The third-order valence-corrected chi connectivity index (χ3v) is 3.44. The second-order valence-corrected chi connectivity index (χ2v) is 5.05. The van der Waals surface area contributed by atoms with Gasteiger partial charge in [-0.25, -0.2) is 4.39 Å². The number of pyridine rings is 1. The van der Waals surface area contributed by atoms with Crippen LogP contribution in [0.15, 0.2) is 54.9 Å². The maximum atomic E-state index is 13.9. The molecule has 2 aromatic carbocycles. The average Bonchev–Trinajstić information content (AvgIpc) is 2.53. The van der Waals surface area contributed by atoms with E-state index in [-0.39, 0.29) is 18.1 Å². The van der Waals surface area contributed by atoms with Crippen molar-refractivity contribution < 1.29 is 13.9 Å². The van der Waals surface area contributed by atoms with Gasteiger partial charge in [0.05, 0.1) is 0 Å². The first-order valence-corrected chi connectivity index (χ1v) is 6.89. The Balaban J connectivity index is 1.77. The molecule has 0 amide bonds. The molecule has 3 aromatic rings. The van der Waals surface area contributed by atoms with Crippen LogP contribution in [0.2, 0.25) is 0 Å². The van der Waals surface area contributed by atoms with Gasteiger partial charge in [-0.15, -0.1) is 0 Å². The molecular weight excluding hydrogens is 281 g/mol. The maximum absolute atomic E-state index is 13.9. The number of Topliss-reactive ketones (excluding diaryl/α,β-unsaturated/α-hetero) is 1. The van der Waals surface area contributed by atoms with Crippen molar-refractivity contribution in [1.82, 2.24) is 4.98 Å². The van der Waals surface area contributed by atoms with E-state index in [0.29, 0.717) is 5.56 Å². The fraction of sp³-hybridized carbons (Fsp3) is 0.111. The summed E-state index contributed by atoms with van der Waals surface area (Å²) in [6, 6.07) is 12.0. The van der Waals surface area contributed by atoms with Crippen LogP contribution in [-0.2, 0) is 6.61 Å². The van der Waals surface area contributed by atoms with E-state index in [2.05, 4.69) is 4.98 Å². The highest BCUT2D eigenvalue weighted by molar-refractivity contribution is 5.94. The first-order valence-electron chi connectivity index (χ1n) is 6.89. The molecule has 1 aromatic heterocycles. The molecule has 110 valence electrons. The summed E-state index contributed by atoms with van der Waals surface area (Å²) in [5.74, 6) is -0.564. The smallest absolute Gasteiger partial charge is 0.165 e. The van der Waals surface area contributed by atoms with Crippen LogP contribution >= 0.6 is 0 Å². The van der Waals surface area contributed by atoms with Crippen molar-refractivity contribution in [2.75, 3.05) is 0 Å². The molecule has 22 heavy (non-hydrogen) atoms. The predicted molar refractivity (Wildman–Crippen MR) is 82.5 cm³/mol. The van der Waals surface area contributed by atoms with Crippen LogP contribution in [-0.4, -0.2) is 10.8 Å². The first kappa shape index (κ1) is 14.2. The van der Waals surface area contributed by atoms with Crippen LogP contribution in [0, 0.1) is 5.82 Å². The Morgan fingerprint density at radius 3 is 2.77 bits per heavy atom. The van der Waals surface area contributed by atoms with Crippen LogP contribution in [0.1, 0.15) is 22.8 Å². The molecule has 0 spiro atoms. The highest BCUT2D eigenvalue weighted by Crippen LogP contribution is 2.21. The molecule has 0 atom stereocenters. The molecule has 0 unspecified atom stereocenters. The topological polar surface area (TPSA) is 39.2 Å². The Morgan fingerprint density at radius 1 is 1.14 bits per heavy atom. The summed E-state index contributed by atoms with van der Waals surface area (Å²) >= 11 is 0. The fourth-order valence-corrected chi connectivity index (χ4v) is 2.22. The van der Waals surface area contributed by atoms with E-state index < -0.39 is 5.82 Å². The minimum absolute atomic E-state index is 0.139. The Kier molecular flexibility index (Phi) is 3.83. The zero-order valence-electron chi connectivity index (χ0n) is 12.0. The summed E-state index contributed by atoms with van der Waals surface area (Å²) in [5, 5.41) is 2.10. The lowest BCUT2D eigenvalue weighted by molar-refractivity contribution is 0.101. The highest BCUT2D eigenvalue weighted by Gasteiger charge is 2.08. The number of fused-ring (bicyclic) bond motifs is 1. The van der Waals surface area contributed by atoms with E-state index >= 15 is 0 Å². The van der Waals surface area contributed by atoms with Gasteiger partial charge in [0.1, 0.15) is 6.61 Å². The number of ketones is 1. The second-order valence-electron chi connectivity index (χ2n) is 5.05. The zero-order chi connectivity index (χ0) is 15.5. The molecule has 0 saturated heterocycles. The molecule has 0 N–H and O–H groups in total. The summed E-state index contributed by atoms with van der Waals surface area (Å²) < 4.78 is 19.4. The lowest BCUT2D eigenvalue weighted by atomic mass is 10.1. The minimum atomic E-state index is -0.530. The second kappa shape index (κ2) is 5.93. The SMILES string of the molecule is CC(=O)c1ccc(OCc2ccc3cnccc3c2)c(F)c1. The highest BCUT2D eigenvalue weighted by atomic mass is 19.1. The van der Waals surface area contributed by atoms with Gasteiger partial charge in [0.15, 0.2) is 17.3 Å². The third kappa shape index (κ3) is 2.96. The maximum Gasteiger partial charge on any atom is 0.165 e. The lowest BCUT2D eigenvalue weighted by Gasteiger charge is -2.09. The van der Waals surface area contributed by atoms with Crippen molar-refractivity contribution in [2.45, 2.75) is 13.5 Å². The number of hydrogen-bond acceptors (Lipinski definition) is 3. The van der Waals surface area contributed by atoms with Gasteiger partial charge >= 0.3 is 0 Å². The molecule has 0 aliphatic carbocycles. The quantitative estimate of drug-likeness (QED) is 0.679. The number of rotatable bonds is 4. The van der Waals surface area contributed by atoms with Gasteiger partial charge < -0.3 is 4.74 Å². The summed E-state index contributed by atoms with van der Waals surface area (Å²) in [6.07, 6.45) is 3.52. The third-order valence-electron chi connectivity index (χ3n) is 3.44. The Labute approximate surface area is 127 Å². The van der Waals surface area contributed by atoms with Gasteiger partial charge in [-0.1, -0.05) is 12.1 Å². The largest absolute Gasteiger partial charge is 0.486 e. The van der Waals surface area contributed by atoms with E-state index in [1.165, 1.54) is 19.1 Å². The Morgan fingerprint density at radius 2 is 2.00 bits per heavy atom. The van der Waals surface area contributed by atoms with Crippen molar-refractivity contribution in [3.05, 3.63) is 71.8 Å². The van der Waals surface area contributed by atoms with Crippen molar-refractivity contribution >= 4 is 16.6 Å². The van der Waals surface area contributed by atoms with Crippen LogP contribution in [0.3, 0.4) is 0 Å². The number of hydrogen-bond donors (Lipinski definition) is 0. The number of halogens is 1. The van der Waals surface area contributed by atoms with Crippen molar-refractivity contribution in [3.8, 4) is 5.75 Å². The average molecular weight is 295 g/mol. The molecule has 0 aliphatic heterocycles. The molecule has 4 heteroatoms. The van der Waals surface area contributed by atoms with E-state index in [4.69, 9.17) is 4.74 Å². The van der Waals surface area contributed by atoms with E-state index in [9.17, 15) is 9.18 Å². The minimum Gasteiger partial charge on any atom is -0.486 e. The van der Waals surface area contributed by atoms with Crippen LogP contribution in [0.4, 0.5) is 4.39 Å².